The summed E-state index contributed by atoms with van der Waals surface area (Å²) < 4.78 is 33.0. The Morgan fingerprint density at radius 1 is 0.611 bits per heavy atom. The quantitative estimate of drug-likeness (QED) is 0.106. The van der Waals surface area contributed by atoms with E-state index in [1.807, 2.05) is 0 Å². The summed E-state index contributed by atoms with van der Waals surface area (Å²) >= 11 is 0. The van der Waals surface area contributed by atoms with Gasteiger partial charge >= 0.3 is 25.7 Å². The summed E-state index contributed by atoms with van der Waals surface area (Å²) in [6, 6.07) is 1.77. The molecule has 0 aliphatic rings. The first-order valence-electron chi connectivity index (χ1n) is 14.0. The SMILES string of the molecule is CCCCCCCC[Si](C)(O[Si](C)(C)O[Si](C)(C)C)O[Si](C)(CCCOCC(O)CO)O[Si](C)(C)C. The topological polar surface area (TPSA) is 86.6 Å². The molecule has 3 atom stereocenters. The molecule has 7 nitrogen and oxygen atoms in total. The van der Waals surface area contributed by atoms with Gasteiger partial charge in [-0.05, 0) is 84.0 Å². The van der Waals surface area contributed by atoms with Crippen LogP contribution in [0.15, 0.2) is 0 Å². The third kappa shape index (κ3) is 19.8. The minimum absolute atomic E-state index is 0.145. The molecule has 0 aromatic rings. The molecule has 0 rings (SSSR count). The van der Waals surface area contributed by atoms with Crippen molar-refractivity contribution in [2.24, 2.45) is 0 Å². The highest BCUT2D eigenvalue weighted by Gasteiger charge is 2.48. The smallest absolute Gasteiger partial charge is 0.317 e. The lowest BCUT2D eigenvalue weighted by Gasteiger charge is -2.44. The van der Waals surface area contributed by atoms with Gasteiger partial charge in [0.25, 0.3) is 0 Å². The molecule has 0 bridgehead atoms. The fraction of sp³-hybridized carbons (Fsp3) is 1.00. The van der Waals surface area contributed by atoms with Crippen LogP contribution in [0.1, 0.15) is 51.9 Å². The number of hydrogen-bond donors (Lipinski definition) is 2. The van der Waals surface area contributed by atoms with E-state index < -0.39 is 48.4 Å². The highest BCUT2D eigenvalue weighted by Crippen LogP contribution is 2.32. The van der Waals surface area contributed by atoms with Gasteiger partial charge in [0.05, 0.1) is 13.2 Å². The first kappa shape index (κ1) is 36.8. The molecule has 36 heavy (non-hydrogen) atoms. The van der Waals surface area contributed by atoms with Gasteiger partial charge in [0.1, 0.15) is 6.10 Å². The van der Waals surface area contributed by atoms with Crippen LogP contribution in [0.25, 0.3) is 0 Å². The van der Waals surface area contributed by atoms with E-state index in [0.717, 1.165) is 24.9 Å². The van der Waals surface area contributed by atoms with Gasteiger partial charge in [0.2, 0.25) is 0 Å². The van der Waals surface area contributed by atoms with Crippen molar-refractivity contribution in [2.75, 3.05) is 19.8 Å². The van der Waals surface area contributed by atoms with E-state index in [0.29, 0.717) is 6.61 Å². The second kappa shape index (κ2) is 16.8. The Hall–Kier alpha value is 0.804. The summed E-state index contributed by atoms with van der Waals surface area (Å²) in [4.78, 5) is 0. The number of aliphatic hydroxyl groups is 2. The van der Waals surface area contributed by atoms with Crippen molar-refractivity contribution in [3.05, 3.63) is 0 Å². The lowest BCUT2D eigenvalue weighted by atomic mass is 10.1. The Kier molecular flexibility index (Phi) is 17.2. The fourth-order valence-electron chi connectivity index (χ4n) is 4.62. The fourth-order valence-corrected chi connectivity index (χ4v) is 28.5. The predicted octanol–water partition coefficient (Wildman–Crippen LogP) is 6.69. The zero-order valence-corrected chi connectivity index (χ0v) is 30.5. The summed E-state index contributed by atoms with van der Waals surface area (Å²) in [5, 5.41) is 18.5. The van der Waals surface area contributed by atoms with Gasteiger partial charge < -0.3 is 31.4 Å². The van der Waals surface area contributed by atoms with E-state index in [9.17, 15) is 5.11 Å². The van der Waals surface area contributed by atoms with Crippen molar-refractivity contribution in [1.82, 2.24) is 0 Å². The maximum Gasteiger partial charge on any atom is 0.317 e. The molecular weight excluding hydrogens is 541 g/mol. The molecule has 0 aromatic carbocycles. The predicted molar refractivity (Wildman–Crippen MR) is 163 cm³/mol. The normalized spacial score (nSPS) is 17.6. The first-order chi connectivity index (χ1) is 16.3. The molecule has 0 aliphatic heterocycles. The summed E-state index contributed by atoms with van der Waals surface area (Å²) in [6.07, 6.45) is 7.41. The molecule has 2 N–H and O–H groups in total. The van der Waals surface area contributed by atoms with Gasteiger partial charge in [-0.15, -0.1) is 0 Å². The number of ether oxygens (including phenoxy) is 1. The molecule has 0 saturated carbocycles. The molecule has 0 aromatic heterocycles. The molecule has 0 saturated heterocycles. The van der Waals surface area contributed by atoms with Crippen LogP contribution >= 0.6 is 0 Å². The molecule has 0 amide bonds. The monoisotopic (exact) mass is 600 g/mol. The second-order valence-corrected chi connectivity index (χ2v) is 32.9. The third-order valence-corrected chi connectivity index (χ3v) is 23.7. The van der Waals surface area contributed by atoms with Crippen LogP contribution in [0, 0.1) is 0 Å². The van der Waals surface area contributed by atoms with E-state index in [2.05, 4.69) is 72.4 Å². The molecule has 0 aliphatic carbocycles. The van der Waals surface area contributed by atoms with Gasteiger partial charge in [-0.2, -0.15) is 0 Å². The summed E-state index contributed by atoms with van der Waals surface area (Å²) in [6.45, 7) is 24.7. The third-order valence-electron chi connectivity index (χ3n) is 5.39. The van der Waals surface area contributed by atoms with Gasteiger partial charge in [-0.1, -0.05) is 45.4 Å². The number of hydrogen-bond acceptors (Lipinski definition) is 7. The maximum atomic E-state index is 9.54. The van der Waals surface area contributed by atoms with E-state index in [1.54, 1.807) is 0 Å². The Labute approximate surface area is 228 Å². The highest BCUT2D eigenvalue weighted by atomic mass is 28.5. The van der Waals surface area contributed by atoms with Crippen LogP contribution in [-0.2, 0) is 21.2 Å². The van der Waals surface area contributed by atoms with Crippen molar-refractivity contribution >= 4 is 42.3 Å². The molecule has 0 radical (unpaired) electrons. The Morgan fingerprint density at radius 3 is 1.64 bits per heavy atom. The van der Waals surface area contributed by atoms with Gasteiger partial charge in [0.15, 0.2) is 16.6 Å². The minimum atomic E-state index is -2.58. The van der Waals surface area contributed by atoms with Crippen LogP contribution in [0.5, 0.6) is 0 Å². The average molecular weight is 601 g/mol. The van der Waals surface area contributed by atoms with Crippen LogP contribution in [-0.4, -0.2) is 78.5 Å². The molecule has 218 valence electrons. The van der Waals surface area contributed by atoms with Crippen molar-refractivity contribution in [3.8, 4) is 0 Å². The largest absolute Gasteiger partial charge is 0.437 e. The minimum Gasteiger partial charge on any atom is -0.437 e. The van der Waals surface area contributed by atoms with Crippen LogP contribution in [0.4, 0.5) is 0 Å². The van der Waals surface area contributed by atoms with E-state index >= 15 is 0 Å². The first-order valence-corrected chi connectivity index (χ1v) is 28.7. The number of unbranched alkanes of at least 4 members (excludes halogenated alkanes) is 5. The van der Waals surface area contributed by atoms with Gasteiger partial charge in [-0.25, -0.2) is 0 Å². The molecule has 0 heterocycles. The lowest BCUT2D eigenvalue weighted by Crippen LogP contribution is -2.60. The highest BCUT2D eigenvalue weighted by molar-refractivity contribution is 6.90. The number of aliphatic hydroxyl groups excluding tert-OH is 2. The standard InChI is InChI=1S/C24H60O7Si5/c1-12-13-14-15-16-17-20-36(11,30-34(8,9)28-32(2,3)4)31-35(10,29-33(5,6)7)21-18-19-27-23-24(26)22-25/h24-26H,12-23H2,1-11H3. The summed E-state index contributed by atoms with van der Waals surface area (Å²) in [5.41, 5.74) is 0. The maximum absolute atomic E-state index is 9.54. The van der Waals surface area contributed by atoms with E-state index in [1.165, 1.54) is 32.1 Å². The zero-order valence-electron chi connectivity index (χ0n) is 25.5. The Balaban J connectivity index is 5.55. The van der Waals surface area contributed by atoms with Crippen molar-refractivity contribution in [3.63, 3.8) is 0 Å². The Morgan fingerprint density at radius 2 is 1.11 bits per heavy atom. The van der Waals surface area contributed by atoms with E-state index in [-0.39, 0.29) is 13.2 Å². The summed E-state index contributed by atoms with van der Waals surface area (Å²) in [5.74, 6) is 0. The Bertz CT molecular complexity index is 586. The van der Waals surface area contributed by atoms with Gasteiger partial charge in [-0.3, -0.25) is 0 Å². The molecule has 12 heteroatoms. The van der Waals surface area contributed by atoms with Crippen molar-refractivity contribution < 1.29 is 31.4 Å². The zero-order chi connectivity index (χ0) is 28.1. The van der Waals surface area contributed by atoms with Crippen molar-refractivity contribution in [2.45, 2.75) is 136 Å². The average Bonchev–Trinajstić information content (AvgIpc) is 2.65. The summed E-state index contributed by atoms with van der Waals surface area (Å²) in [7, 11) is -11.1. The number of rotatable bonds is 22. The molecule has 0 fully saturated rings. The van der Waals surface area contributed by atoms with Crippen LogP contribution in [0.2, 0.25) is 77.6 Å². The van der Waals surface area contributed by atoms with Gasteiger partial charge in [0, 0.05) is 6.61 Å². The molecule has 3 unspecified atom stereocenters. The molecule has 0 spiro atoms. The van der Waals surface area contributed by atoms with Crippen LogP contribution < -0.4 is 0 Å². The molecular formula is C24H60O7Si5. The second-order valence-electron chi connectivity index (χ2n) is 12.8. The van der Waals surface area contributed by atoms with Crippen LogP contribution in [0.3, 0.4) is 0 Å². The van der Waals surface area contributed by atoms with Crippen molar-refractivity contribution in [1.29, 1.82) is 0 Å². The lowest BCUT2D eigenvalue weighted by molar-refractivity contribution is 0.00623. The van der Waals surface area contributed by atoms with E-state index in [4.69, 9.17) is 26.3 Å².